The van der Waals surface area contributed by atoms with Crippen LogP contribution in [0, 0.1) is 6.92 Å². The molecule has 0 saturated carbocycles. The summed E-state index contributed by atoms with van der Waals surface area (Å²) in [6, 6.07) is 6.62. The van der Waals surface area contributed by atoms with Gasteiger partial charge in [0.15, 0.2) is 0 Å². The summed E-state index contributed by atoms with van der Waals surface area (Å²) in [4.78, 5) is 4.43. The molecule has 0 fully saturated rings. The molecule has 1 heterocycles. The van der Waals surface area contributed by atoms with Crippen LogP contribution in [0.1, 0.15) is 31.0 Å². The first kappa shape index (κ1) is 14.6. The van der Waals surface area contributed by atoms with Crippen LogP contribution in [0.2, 0.25) is 0 Å². The molecule has 1 N–H and O–H groups in total. The van der Waals surface area contributed by atoms with Crippen molar-refractivity contribution in [2.45, 2.75) is 33.2 Å². The molecule has 0 radical (unpaired) electrons. The van der Waals surface area contributed by atoms with Gasteiger partial charge in [0.2, 0.25) is 5.95 Å². The molecule has 1 aromatic carbocycles. The molecule has 0 bridgehead atoms. The van der Waals surface area contributed by atoms with E-state index in [4.69, 9.17) is 4.74 Å². The highest BCUT2D eigenvalue weighted by atomic mass is 16.5. The minimum absolute atomic E-state index is 0.249. The third kappa shape index (κ3) is 3.02. The van der Waals surface area contributed by atoms with Gasteiger partial charge in [-0.05, 0) is 31.4 Å². The predicted octanol–water partition coefficient (Wildman–Crippen LogP) is 3.70. The number of rotatable bonds is 6. The van der Waals surface area contributed by atoms with Gasteiger partial charge in [0, 0.05) is 25.2 Å². The molecule has 0 aliphatic heterocycles. The van der Waals surface area contributed by atoms with Crippen LogP contribution >= 0.6 is 0 Å². The van der Waals surface area contributed by atoms with Crippen LogP contribution in [-0.4, -0.2) is 23.3 Å². The second kappa shape index (κ2) is 6.57. The number of nitrogens with zero attached hydrogens (tertiary/aromatic N) is 2. The van der Waals surface area contributed by atoms with E-state index in [0.29, 0.717) is 6.61 Å². The van der Waals surface area contributed by atoms with Gasteiger partial charge in [-0.1, -0.05) is 25.1 Å². The van der Waals surface area contributed by atoms with Crippen molar-refractivity contribution in [2.75, 3.05) is 19.0 Å². The molecule has 0 spiro atoms. The lowest BCUT2D eigenvalue weighted by molar-refractivity contribution is 0.163. The van der Waals surface area contributed by atoms with Crippen molar-refractivity contribution in [2.24, 2.45) is 0 Å². The second-order valence-corrected chi connectivity index (χ2v) is 5.05. The Bertz CT molecular complexity index is 563. The Balaban J connectivity index is 2.29. The number of nitrogens with one attached hydrogen (secondary N) is 1. The molecular weight excluding hydrogens is 250 g/mol. The summed E-state index contributed by atoms with van der Waals surface area (Å²) >= 11 is 0. The van der Waals surface area contributed by atoms with E-state index in [1.807, 2.05) is 12.4 Å². The fourth-order valence-electron chi connectivity index (χ4n) is 2.40. The van der Waals surface area contributed by atoms with Crippen LogP contribution in [0.4, 0.5) is 11.6 Å². The third-order valence-corrected chi connectivity index (χ3v) is 3.53. The summed E-state index contributed by atoms with van der Waals surface area (Å²) in [7, 11) is 1.72. The van der Waals surface area contributed by atoms with Gasteiger partial charge < -0.3 is 14.6 Å². The third-order valence-electron chi connectivity index (χ3n) is 3.53. The maximum absolute atomic E-state index is 5.22. The van der Waals surface area contributed by atoms with Gasteiger partial charge in [-0.3, -0.25) is 0 Å². The fraction of sp³-hybridized carbons (Fsp3) is 0.438. The van der Waals surface area contributed by atoms with Gasteiger partial charge in [-0.25, -0.2) is 4.98 Å². The molecule has 2 aromatic rings. The van der Waals surface area contributed by atoms with E-state index in [1.165, 1.54) is 11.1 Å². The predicted molar refractivity (Wildman–Crippen MR) is 82.7 cm³/mol. The topological polar surface area (TPSA) is 39.1 Å². The highest BCUT2D eigenvalue weighted by molar-refractivity contribution is 5.63. The summed E-state index contributed by atoms with van der Waals surface area (Å²) < 4.78 is 7.33. The second-order valence-electron chi connectivity index (χ2n) is 5.05. The molecule has 2 rings (SSSR count). The van der Waals surface area contributed by atoms with Crippen LogP contribution in [0.3, 0.4) is 0 Å². The number of imidazole rings is 1. The molecule has 1 aromatic heterocycles. The Morgan fingerprint density at radius 3 is 2.90 bits per heavy atom. The number of benzene rings is 1. The SMILES string of the molecule is CCc1cccc(C)c1Nc1nccn1C(C)COC. The number of anilines is 2. The van der Waals surface area contributed by atoms with Crippen molar-refractivity contribution >= 4 is 11.6 Å². The molecule has 1 atom stereocenters. The minimum Gasteiger partial charge on any atom is -0.383 e. The number of para-hydroxylation sites is 1. The Kier molecular flexibility index (Phi) is 4.79. The molecule has 4 heteroatoms. The van der Waals surface area contributed by atoms with Crippen LogP contribution in [0.15, 0.2) is 30.6 Å². The zero-order chi connectivity index (χ0) is 14.5. The quantitative estimate of drug-likeness (QED) is 0.872. The summed E-state index contributed by atoms with van der Waals surface area (Å²) in [5.41, 5.74) is 3.70. The number of ether oxygens (including phenoxy) is 1. The Morgan fingerprint density at radius 1 is 1.40 bits per heavy atom. The standard InChI is InChI=1S/C16H23N3O/c1-5-14-8-6-7-12(2)15(14)18-16-17-9-10-19(16)13(3)11-20-4/h6-10,13H,5,11H2,1-4H3,(H,17,18). The van der Waals surface area contributed by atoms with Crippen molar-refractivity contribution < 1.29 is 4.74 Å². The van der Waals surface area contributed by atoms with Crippen LogP contribution in [0.5, 0.6) is 0 Å². The monoisotopic (exact) mass is 273 g/mol. The molecule has 4 nitrogen and oxygen atoms in total. The number of methoxy groups -OCH3 is 1. The maximum Gasteiger partial charge on any atom is 0.207 e. The van der Waals surface area contributed by atoms with E-state index >= 15 is 0 Å². The van der Waals surface area contributed by atoms with E-state index in [2.05, 4.69) is 53.8 Å². The zero-order valence-electron chi connectivity index (χ0n) is 12.7. The minimum atomic E-state index is 0.249. The lowest BCUT2D eigenvalue weighted by Crippen LogP contribution is -2.13. The van der Waals surface area contributed by atoms with Crippen molar-refractivity contribution in [3.63, 3.8) is 0 Å². The van der Waals surface area contributed by atoms with Crippen LogP contribution in [0.25, 0.3) is 0 Å². The van der Waals surface area contributed by atoms with Gasteiger partial charge >= 0.3 is 0 Å². The lowest BCUT2D eigenvalue weighted by atomic mass is 10.1. The van der Waals surface area contributed by atoms with Crippen LogP contribution < -0.4 is 5.32 Å². The van der Waals surface area contributed by atoms with Crippen molar-refractivity contribution in [1.29, 1.82) is 0 Å². The summed E-state index contributed by atoms with van der Waals surface area (Å²) in [5, 5.41) is 3.48. The largest absolute Gasteiger partial charge is 0.383 e. The van der Waals surface area contributed by atoms with E-state index in [1.54, 1.807) is 7.11 Å². The summed E-state index contributed by atoms with van der Waals surface area (Å²) in [5.74, 6) is 0.860. The normalized spacial score (nSPS) is 12.4. The molecule has 0 aliphatic carbocycles. The summed E-state index contributed by atoms with van der Waals surface area (Å²) in [6.45, 7) is 7.07. The average molecular weight is 273 g/mol. The van der Waals surface area contributed by atoms with Gasteiger partial charge in [0.1, 0.15) is 0 Å². The maximum atomic E-state index is 5.22. The van der Waals surface area contributed by atoms with Gasteiger partial charge in [0.05, 0.1) is 12.6 Å². The zero-order valence-corrected chi connectivity index (χ0v) is 12.7. The molecule has 20 heavy (non-hydrogen) atoms. The van der Waals surface area contributed by atoms with Crippen molar-refractivity contribution in [3.05, 3.63) is 41.7 Å². The first-order valence-corrected chi connectivity index (χ1v) is 7.04. The average Bonchev–Trinajstić information content (AvgIpc) is 2.89. The number of hydrogen-bond acceptors (Lipinski definition) is 3. The molecule has 0 aliphatic rings. The Hall–Kier alpha value is -1.81. The van der Waals surface area contributed by atoms with Gasteiger partial charge in [0.25, 0.3) is 0 Å². The van der Waals surface area contributed by atoms with E-state index in [9.17, 15) is 0 Å². The highest BCUT2D eigenvalue weighted by Crippen LogP contribution is 2.26. The first-order valence-electron chi connectivity index (χ1n) is 7.04. The molecule has 0 saturated heterocycles. The van der Waals surface area contributed by atoms with Gasteiger partial charge in [-0.2, -0.15) is 0 Å². The number of aryl methyl sites for hydroxylation is 2. The van der Waals surface area contributed by atoms with Crippen molar-refractivity contribution in [3.8, 4) is 0 Å². The molecule has 0 amide bonds. The summed E-state index contributed by atoms with van der Waals surface area (Å²) in [6.07, 6.45) is 4.80. The van der Waals surface area contributed by atoms with Crippen molar-refractivity contribution in [1.82, 2.24) is 9.55 Å². The number of hydrogen-bond donors (Lipinski definition) is 1. The van der Waals surface area contributed by atoms with E-state index in [-0.39, 0.29) is 6.04 Å². The lowest BCUT2D eigenvalue weighted by Gasteiger charge is -2.18. The number of aromatic nitrogens is 2. The Labute approximate surface area is 120 Å². The van der Waals surface area contributed by atoms with E-state index in [0.717, 1.165) is 18.1 Å². The fourth-order valence-corrected chi connectivity index (χ4v) is 2.40. The van der Waals surface area contributed by atoms with E-state index < -0.39 is 0 Å². The van der Waals surface area contributed by atoms with Crippen LogP contribution in [-0.2, 0) is 11.2 Å². The molecule has 1 unspecified atom stereocenters. The highest BCUT2D eigenvalue weighted by Gasteiger charge is 2.12. The first-order chi connectivity index (χ1) is 9.67. The smallest absolute Gasteiger partial charge is 0.207 e. The molecular formula is C16H23N3O. The molecule has 108 valence electrons. The Morgan fingerprint density at radius 2 is 2.20 bits per heavy atom. The van der Waals surface area contributed by atoms with Gasteiger partial charge in [-0.15, -0.1) is 0 Å².